The first-order chi connectivity index (χ1) is 11.5. The summed E-state index contributed by atoms with van der Waals surface area (Å²) in [6.45, 7) is 3.92. The van der Waals surface area contributed by atoms with Gasteiger partial charge in [-0.1, -0.05) is 26.2 Å². The quantitative estimate of drug-likeness (QED) is 0.643. The molecule has 8 heteroatoms. The lowest BCUT2D eigenvalue weighted by Crippen LogP contribution is -2.36. The normalized spacial score (nSPS) is 22.4. The van der Waals surface area contributed by atoms with E-state index < -0.39 is 4.92 Å². The first-order valence-electron chi connectivity index (χ1n) is 8.88. The lowest BCUT2D eigenvalue weighted by atomic mass is 9.95. The SMILES string of the molecule is C[C@@H]1CCCN(c2nc(N)c([N+](=O)[O-])c(NC3CCCCC3)n2)C1. The average molecular weight is 334 g/mol. The maximum atomic E-state index is 11.4. The molecule has 3 rings (SSSR count). The van der Waals surface area contributed by atoms with Gasteiger partial charge in [0.2, 0.25) is 17.6 Å². The summed E-state index contributed by atoms with van der Waals surface area (Å²) in [6, 6.07) is 0.222. The summed E-state index contributed by atoms with van der Waals surface area (Å²) in [4.78, 5) is 21.7. The van der Waals surface area contributed by atoms with E-state index in [1.54, 1.807) is 0 Å². The fraction of sp³-hybridized carbons (Fsp3) is 0.750. The first kappa shape index (κ1) is 16.7. The smallest absolute Gasteiger partial charge is 0.353 e. The van der Waals surface area contributed by atoms with Gasteiger partial charge in [0.05, 0.1) is 4.92 Å². The maximum Gasteiger partial charge on any atom is 0.353 e. The highest BCUT2D eigenvalue weighted by molar-refractivity contribution is 5.70. The van der Waals surface area contributed by atoms with Crippen molar-refractivity contribution in [2.45, 2.75) is 57.9 Å². The zero-order chi connectivity index (χ0) is 17.1. The lowest BCUT2D eigenvalue weighted by Gasteiger charge is -2.31. The number of piperidine rings is 1. The van der Waals surface area contributed by atoms with Gasteiger partial charge in [0.15, 0.2) is 0 Å². The monoisotopic (exact) mass is 334 g/mol. The second-order valence-corrected chi connectivity index (χ2v) is 7.04. The molecule has 1 saturated carbocycles. The van der Waals surface area contributed by atoms with Crippen molar-refractivity contribution >= 4 is 23.3 Å². The van der Waals surface area contributed by atoms with Crippen LogP contribution < -0.4 is 16.0 Å². The molecule has 0 radical (unpaired) electrons. The Morgan fingerprint density at radius 2 is 1.96 bits per heavy atom. The Labute approximate surface area is 142 Å². The highest BCUT2D eigenvalue weighted by atomic mass is 16.6. The summed E-state index contributed by atoms with van der Waals surface area (Å²) in [5.74, 6) is 1.28. The van der Waals surface area contributed by atoms with Crippen LogP contribution in [0.15, 0.2) is 0 Å². The molecule has 0 bridgehead atoms. The molecule has 0 unspecified atom stereocenters. The van der Waals surface area contributed by atoms with Gasteiger partial charge in [0.25, 0.3) is 0 Å². The summed E-state index contributed by atoms with van der Waals surface area (Å²) in [7, 11) is 0. The van der Waals surface area contributed by atoms with Crippen molar-refractivity contribution in [1.82, 2.24) is 9.97 Å². The van der Waals surface area contributed by atoms with Crippen molar-refractivity contribution in [3.05, 3.63) is 10.1 Å². The number of nitro groups is 1. The average Bonchev–Trinajstić information content (AvgIpc) is 2.55. The minimum Gasteiger partial charge on any atom is -0.378 e. The number of anilines is 3. The number of nitrogens with zero attached hydrogens (tertiary/aromatic N) is 4. The molecular formula is C16H26N6O2. The Bertz CT molecular complexity index is 602. The van der Waals surface area contributed by atoms with Crippen molar-refractivity contribution in [2.75, 3.05) is 29.0 Å². The Kier molecular flexibility index (Phi) is 5.01. The van der Waals surface area contributed by atoms with E-state index in [0.29, 0.717) is 11.9 Å². The third-order valence-corrected chi connectivity index (χ3v) is 4.97. The van der Waals surface area contributed by atoms with E-state index in [9.17, 15) is 10.1 Å². The number of nitrogen functional groups attached to an aromatic ring is 1. The number of nitrogens with two attached hydrogens (primary N) is 1. The van der Waals surface area contributed by atoms with E-state index in [2.05, 4.69) is 27.1 Å². The summed E-state index contributed by atoms with van der Waals surface area (Å²) in [5.41, 5.74) is 5.71. The Morgan fingerprint density at radius 3 is 2.62 bits per heavy atom. The van der Waals surface area contributed by atoms with Gasteiger partial charge in [-0.05, 0) is 31.6 Å². The van der Waals surface area contributed by atoms with Crippen LogP contribution in [0.5, 0.6) is 0 Å². The molecule has 1 aliphatic heterocycles. The van der Waals surface area contributed by atoms with Crippen LogP contribution in [0, 0.1) is 16.0 Å². The zero-order valence-corrected chi connectivity index (χ0v) is 14.2. The van der Waals surface area contributed by atoms with Gasteiger partial charge in [-0.3, -0.25) is 10.1 Å². The molecule has 3 N–H and O–H groups in total. The minimum atomic E-state index is -0.483. The molecule has 1 aromatic rings. The Balaban J connectivity index is 1.89. The Morgan fingerprint density at radius 1 is 1.21 bits per heavy atom. The Hall–Kier alpha value is -2.12. The summed E-state index contributed by atoms with van der Waals surface area (Å²) in [5, 5.41) is 14.7. The second-order valence-electron chi connectivity index (χ2n) is 7.04. The molecule has 0 amide bonds. The molecule has 132 valence electrons. The highest BCUT2D eigenvalue weighted by Crippen LogP contribution is 2.33. The number of hydrogen-bond donors (Lipinski definition) is 2. The van der Waals surface area contributed by atoms with Gasteiger partial charge in [0, 0.05) is 19.1 Å². The van der Waals surface area contributed by atoms with Crippen molar-refractivity contribution < 1.29 is 4.92 Å². The van der Waals surface area contributed by atoms with Gasteiger partial charge in [0.1, 0.15) is 0 Å². The third kappa shape index (κ3) is 3.68. The molecule has 8 nitrogen and oxygen atoms in total. The lowest BCUT2D eigenvalue weighted by molar-refractivity contribution is -0.383. The van der Waals surface area contributed by atoms with E-state index in [0.717, 1.165) is 45.2 Å². The maximum absolute atomic E-state index is 11.4. The molecule has 1 saturated heterocycles. The van der Waals surface area contributed by atoms with Crippen molar-refractivity contribution in [3.8, 4) is 0 Å². The van der Waals surface area contributed by atoms with Crippen LogP contribution in [0.4, 0.5) is 23.3 Å². The zero-order valence-electron chi connectivity index (χ0n) is 14.2. The van der Waals surface area contributed by atoms with E-state index in [-0.39, 0.29) is 23.4 Å². The van der Waals surface area contributed by atoms with E-state index in [4.69, 9.17) is 5.73 Å². The fourth-order valence-electron chi connectivity index (χ4n) is 3.69. The van der Waals surface area contributed by atoms with Crippen LogP contribution in [0.25, 0.3) is 0 Å². The molecule has 2 fully saturated rings. The van der Waals surface area contributed by atoms with E-state index in [1.807, 2.05) is 0 Å². The van der Waals surface area contributed by atoms with E-state index in [1.165, 1.54) is 12.8 Å². The first-order valence-corrected chi connectivity index (χ1v) is 8.88. The topological polar surface area (TPSA) is 110 Å². The second kappa shape index (κ2) is 7.19. The molecule has 2 heterocycles. The van der Waals surface area contributed by atoms with Gasteiger partial charge in [-0.15, -0.1) is 0 Å². The molecule has 2 aliphatic rings. The van der Waals surface area contributed by atoms with Crippen molar-refractivity contribution in [3.63, 3.8) is 0 Å². The van der Waals surface area contributed by atoms with Crippen molar-refractivity contribution in [1.29, 1.82) is 0 Å². The minimum absolute atomic E-state index is 0.0541. The molecule has 0 aromatic carbocycles. The third-order valence-electron chi connectivity index (χ3n) is 4.97. The van der Waals surface area contributed by atoms with Crippen LogP contribution in [0.3, 0.4) is 0 Å². The fourth-order valence-corrected chi connectivity index (χ4v) is 3.69. The van der Waals surface area contributed by atoms with Crippen LogP contribution in [-0.2, 0) is 0 Å². The van der Waals surface area contributed by atoms with Gasteiger partial charge in [-0.2, -0.15) is 9.97 Å². The molecule has 1 aromatic heterocycles. The number of aromatic nitrogens is 2. The number of nitrogens with one attached hydrogen (secondary N) is 1. The highest BCUT2D eigenvalue weighted by Gasteiger charge is 2.28. The van der Waals surface area contributed by atoms with Crippen LogP contribution in [-0.4, -0.2) is 34.0 Å². The molecule has 24 heavy (non-hydrogen) atoms. The predicted molar refractivity (Wildman–Crippen MR) is 94.2 cm³/mol. The molecule has 1 aliphatic carbocycles. The largest absolute Gasteiger partial charge is 0.378 e. The molecular weight excluding hydrogens is 308 g/mol. The van der Waals surface area contributed by atoms with Crippen molar-refractivity contribution in [2.24, 2.45) is 5.92 Å². The van der Waals surface area contributed by atoms with Gasteiger partial charge in [-0.25, -0.2) is 0 Å². The summed E-state index contributed by atoms with van der Waals surface area (Å²) in [6.07, 6.45) is 7.79. The van der Waals surface area contributed by atoms with Gasteiger partial charge < -0.3 is 16.0 Å². The predicted octanol–water partition coefficient (Wildman–Crippen LogP) is 2.95. The van der Waals surface area contributed by atoms with E-state index >= 15 is 0 Å². The molecule has 0 spiro atoms. The number of hydrogen-bond acceptors (Lipinski definition) is 7. The van der Waals surface area contributed by atoms with Gasteiger partial charge >= 0.3 is 5.69 Å². The standard InChI is InChI=1S/C16H26N6O2/c1-11-6-5-9-21(10-11)16-19-14(17)13(22(23)24)15(20-16)18-12-7-3-2-4-8-12/h11-12H,2-10H2,1H3,(H3,17,18,19,20)/t11-/m1/s1. The van der Waals surface area contributed by atoms with Crippen LogP contribution in [0.2, 0.25) is 0 Å². The van der Waals surface area contributed by atoms with Crippen LogP contribution >= 0.6 is 0 Å². The summed E-state index contributed by atoms with van der Waals surface area (Å²) >= 11 is 0. The summed E-state index contributed by atoms with van der Waals surface area (Å²) < 4.78 is 0. The number of rotatable bonds is 4. The molecule has 1 atom stereocenters. The van der Waals surface area contributed by atoms with Crippen LogP contribution in [0.1, 0.15) is 51.9 Å².